The monoisotopic (exact) mass is 269 g/mol. The fraction of sp³-hybridized carbons (Fsp3) is 0.857. The number of nitrogens with zero attached hydrogens (tertiary/aromatic N) is 2. The van der Waals surface area contributed by atoms with Crippen molar-refractivity contribution in [1.29, 1.82) is 0 Å². The lowest BCUT2D eigenvalue weighted by Gasteiger charge is -2.19. The zero-order chi connectivity index (χ0) is 13.6. The molecule has 0 aromatic carbocycles. The molecule has 0 bridgehead atoms. The predicted octanol–water partition coefficient (Wildman–Crippen LogP) is 4.11. The van der Waals surface area contributed by atoms with Crippen LogP contribution in [0, 0.1) is 0 Å². The van der Waals surface area contributed by atoms with E-state index in [-0.39, 0.29) is 5.54 Å². The number of hydrogen-bond donors (Lipinski definition) is 1. The van der Waals surface area contributed by atoms with Gasteiger partial charge in [0, 0.05) is 11.5 Å². The van der Waals surface area contributed by atoms with Crippen LogP contribution in [0.1, 0.15) is 76.2 Å². The number of nitrogens with one attached hydrogen (secondary N) is 1. The molecule has 1 unspecified atom stereocenters. The molecule has 0 aliphatic carbocycles. The number of rotatable bonds is 7. The molecule has 1 N–H and O–H groups in total. The van der Waals surface area contributed by atoms with E-state index in [1.165, 1.54) is 30.7 Å². The fourth-order valence-corrected chi connectivity index (χ4v) is 2.80. The van der Waals surface area contributed by atoms with Gasteiger partial charge in [0.05, 0.1) is 6.54 Å². The molecule has 1 atom stereocenters. The summed E-state index contributed by atoms with van der Waals surface area (Å²) >= 11 is 1.77. The van der Waals surface area contributed by atoms with Crippen LogP contribution in [0.4, 0.5) is 0 Å². The Morgan fingerprint density at radius 1 is 1.22 bits per heavy atom. The Morgan fingerprint density at radius 2 is 1.94 bits per heavy atom. The molecule has 1 aromatic heterocycles. The van der Waals surface area contributed by atoms with Crippen LogP contribution in [-0.2, 0) is 6.54 Å². The number of aromatic nitrogens is 2. The van der Waals surface area contributed by atoms with Gasteiger partial charge in [0.25, 0.3) is 0 Å². The van der Waals surface area contributed by atoms with Crippen LogP contribution in [0.5, 0.6) is 0 Å². The Kier molecular flexibility index (Phi) is 6.22. The van der Waals surface area contributed by atoms with E-state index in [9.17, 15) is 0 Å². The number of unbranched alkanes of at least 4 members (excludes halogenated alkanes) is 1. The highest BCUT2D eigenvalue weighted by atomic mass is 32.1. The maximum atomic E-state index is 4.37. The molecular formula is C14H27N3S. The summed E-state index contributed by atoms with van der Waals surface area (Å²) in [5.74, 6) is 0.603. The molecule has 1 heterocycles. The Labute approximate surface area is 115 Å². The van der Waals surface area contributed by atoms with Crippen LogP contribution in [0.25, 0.3) is 0 Å². The molecule has 4 heteroatoms. The van der Waals surface area contributed by atoms with Gasteiger partial charge in [0.15, 0.2) is 0 Å². The SMILES string of the molecule is CCCCC(CC)c1nnc(CNC(C)(C)C)s1. The molecule has 1 aromatic rings. The summed E-state index contributed by atoms with van der Waals surface area (Å²) in [6.45, 7) is 11.8. The van der Waals surface area contributed by atoms with E-state index in [1.807, 2.05) is 0 Å². The van der Waals surface area contributed by atoms with E-state index in [1.54, 1.807) is 11.3 Å². The Hall–Kier alpha value is -0.480. The molecule has 0 radical (unpaired) electrons. The molecule has 0 aliphatic heterocycles. The first-order valence-corrected chi connectivity index (χ1v) is 7.85. The van der Waals surface area contributed by atoms with Gasteiger partial charge < -0.3 is 5.32 Å². The summed E-state index contributed by atoms with van der Waals surface area (Å²) in [4.78, 5) is 0. The third-order valence-electron chi connectivity index (χ3n) is 3.00. The average Bonchev–Trinajstić information content (AvgIpc) is 2.75. The van der Waals surface area contributed by atoms with Gasteiger partial charge in [-0.1, -0.05) is 38.0 Å². The molecule has 104 valence electrons. The summed E-state index contributed by atoms with van der Waals surface area (Å²) < 4.78 is 0. The molecule has 0 fully saturated rings. The Bertz CT molecular complexity index is 341. The smallest absolute Gasteiger partial charge is 0.131 e. The van der Waals surface area contributed by atoms with E-state index in [0.717, 1.165) is 11.6 Å². The lowest BCUT2D eigenvalue weighted by molar-refractivity contribution is 0.423. The van der Waals surface area contributed by atoms with Gasteiger partial charge in [-0.05, 0) is 33.6 Å². The molecular weight excluding hydrogens is 242 g/mol. The van der Waals surface area contributed by atoms with Gasteiger partial charge in [-0.3, -0.25) is 0 Å². The minimum atomic E-state index is 0.137. The fourth-order valence-electron chi connectivity index (χ4n) is 1.80. The normalized spacial score (nSPS) is 13.8. The quantitative estimate of drug-likeness (QED) is 0.809. The van der Waals surface area contributed by atoms with Crippen molar-refractivity contribution in [1.82, 2.24) is 15.5 Å². The highest BCUT2D eigenvalue weighted by Gasteiger charge is 2.16. The van der Waals surface area contributed by atoms with E-state index >= 15 is 0 Å². The standard InChI is InChI=1S/C14H27N3S/c1-6-8-9-11(7-2)13-17-16-12(18-13)10-15-14(3,4)5/h11,15H,6-10H2,1-5H3. The zero-order valence-electron chi connectivity index (χ0n) is 12.4. The third-order valence-corrected chi connectivity index (χ3v) is 4.09. The van der Waals surface area contributed by atoms with Gasteiger partial charge >= 0.3 is 0 Å². The van der Waals surface area contributed by atoms with Crippen molar-refractivity contribution in [3.8, 4) is 0 Å². The second-order valence-corrected chi connectivity index (χ2v) is 6.98. The summed E-state index contributed by atoms with van der Waals surface area (Å²) in [5.41, 5.74) is 0.137. The molecule has 1 rings (SSSR count). The van der Waals surface area contributed by atoms with Gasteiger partial charge in [0.2, 0.25) is 0 Å². The molecule has 3 nitrogen and oxygen atoms in total. The average molecular weight is 269 g/mol. The predicted molar refractivity (Wildman–Crippen MR) is 79.1 cm³/mol. The van der Waals surface area contributed by atoms with Crippen LogP contribution >= 0.6 is 11.3 Å². The molecule has 0 spiro atoms. The van der Waals surface area contributed by atoms with E-state index in [2.05, 4.69) is 50.1 Å². The summed E-state index contributed by atoms with van der Waals surface area (Å²) in [5, 5.41) is 14.5. The van der Waals surface area contributed by atoms with Crippen molar-refractivity contribution in [2.45, 2.75) is 78.3 Å². The van der Waals surface area contributed by atoms with Crippen LogP contribution in [0.3, 0.4) is 0 Å². The maximum absolute atomic E-state index is 4.37. The van der Waals surface area contributed by atoms with E-state index in [4.69, 9.17) is 0 Å². The first-order chi connectivity index (χ1) is 8.46. The first kappa shape index (κ1) is 15.6. The second-order valence-electron chi connectivity index (χ2n) is 5.88. The van der Waals surface area contributed by atoms with E-state index in [0.29, 0.717) is 5.92 Å². The van der Waals surface area contributed by atoms with Crippen molar-refractivity contribution in [2.75, 3.05) is 0 Å². The summed E-state index contributed by atoms with van der Waals surface area (Å²) in [7, 11) is 0. The second kappa shape index (κ2) is 7.19. The van der Waals surface area contributed by atoms with Crippen molar-refractivity contribution >= 4 is 11.3 Å². The Morgan fingerprint density at radius 3 is 2.50 bits per heavy atom. The van der Waals surface area contributed by atoms with Gasteiger partial charge in [-0.15, -0.1) is 10.2 Å². The van der Waals surface area contributed by atoms with Crippen molar-refractivity contribution in [3.05, 3.63) is 10.0 Å². The van der Waals surface area contributed by atoms with Crippen LogP contribution in [0.15, 0.2) is 0 Å². The lowest BCUT2D eigenvalue weighted by atomic mass is 10.0. The molecule has 0 saturated heterocycles. The molecule has 18 heavy (non-hydrogen) atoms. The van der Waals surface area contributed by atoms with Crippen molar-refractivity contribution < 1.29 is 0 Å². The zero-order valence-corrected chi connectivity index (χ0v) is 13.2. The van der Waals surface area contributed by atoms with Crippen LogP contribution < -0.4 is 5.32 Å². The van der Waals surface area contributed by atoms with Gasteiger partial charge in [-0.2, -0.15) is 0 Å². The Balaban J connectivity index is 2.55. The van der Waals surface area contributed by atoms with E-state index < -0.39 is 0 Å². The van der Waals surface area contributed by atoms with Crippen LogP contribution in [-0.4, -0.2) is 15.7 Å². The number of hydrogen-bond acceptors (Lipinski definition) is 4. The maximum Gasteiger partial charge on any atom is 0.131 e. The third kappa shape index (κ3) is 5.44. The van der Waals surface area contributed by atoms with Crippen molar-refractivity contribution in [2.24, 2.45) is 0 Å². The van der Waals surface area contributed by atoms with Gasteiger partial charge in [-0.25, -0.2) is 0 Å². The molecule has 0 saturated carbocycles. The summed E-state index contributed by atoms with van der Waals surface area (Å²) in [6.07, 6.45) is 4.96. The minimum absolute atomic E-state index is 0.137. The topological polar surface area (TPSA) is 37.8 Å². The highest BCUT2D eigenvalue weighted by molar-refractivity contribution is 7.11. The van der Waals surface area contributed by atoms with Crippen LogP contribution in [0.2, 0.25) is 0 Å². The lowest BCUT2D eigenvalue weighted by Crippen LogP contribution is -2.35. The first-order valence-electron chi connectivity index (χ1n) is 7.03. The molecule has 0 amide bonds. The van der Waals surface area contributed by atoms with Gasteiger partial charge in [0.1, 0.15) is 10.0 Å². The molecule has 0 aliphatic rings. The highest BCUT2D eigenvalue weighted by Crippen LogP contribution is 2.28. The minimum Gasteiger partial charge on any atom is -0.306 e. The largest absolute Gasteiger partial charge is 0.306 e. The van der Waals surface area contributed by atoms with Crippen molar-refractivity contribution in [3.63, 3.8) is 0 Å². The summed E-state index contributed by atoms with van der Waals surface area (Å²) in [6, 6.07) is 0.